The number of thiophene rings is 1. The van der Waals surface area contributed by atoms with Gasteiger partial charge in [-0.25, -0.2) is 0 Å². The predicted octanol–water partition coefficient (Wildman–Crippen LogP) is 3.27. The molecule has 1 aromatic rings. The lowest BCUT2D eigenvalue weighted by Crippen LogP contribution is -2.31. The lowest BCUT2D eigenvalue weighted by Gasteiger charge is -2.24. The monoisotopic (exact) mass is 239 g/mol. The van der Waals surface area contributed by atoms with Crippen LogP contribution in [0.1, 0.15) is 43.2 Å². The fraction of sp³-hybridized carbons (Fsp3) is 0.692. The van der Waals surface area contributed by atoms with Crippen molar-refractivity contribution in [3.63, 3.8) is 0 Å². The maximum atomic E-state index is 6.00. The summed E-state index contributed by atoms with van der Waals surface area (Å²) in [6.45, 7) is 7.52. The Morgan fingerprint density at radius 3 is 2.88 bits per heavy atom. The number of aryl methyl sites for hydroxylation is 1. The van der Waals surface area contributed by atoms with Crippen molar-refractivity contribution < 1.29 is 4.74 Å². The van der Waals surface area contributed by atoms with E-state index in [1.807, 2.05) is 11.3 Å². The van der Waals surface area contributed by atoms with E-state index in [1.54, 1.807) is 0 Å². The second-order valence-electron chi connectivity index (χ2n) is 4.57. The molecule has 0 aromatic carbocycles. The largest absolute Gasteiger partial charge is 0.373 e. The van der Waals surface area contributed by atoms with Gasteiger partial charge in [0.05, 0.1) is 18.2 Å². The molecule has 3 unspecified atom stereocenters. The minimum atomic E-state index is 0.354. The van der Waals surface area contributed by atoms with Crippen LogP contribution in [0.2, 0.25) is 0 Å². The Hall–Kier alpha value is -0.380. The Balaban J connectivity index is 2.14. The second-order valence-corrected chi connectivity index (χ2v) is 5.51. The van der Waals surface area contributed by atoms with E-state index >= 15 is 0 Å². The van der Waals surface area contributed by atoms with Crippen LogP contribution in [0.3, 0.4) is 0 Å². The third kappa shape index (κ3) is 2.47. The fourth-order valence-electron chi connectivity index (χ4n) is 2.39. The average molecular weight is 239 g/mol. The molecule has 3 heteroatoms. The molecule has 0 aliphatic carbocycles. The molecule has 2 nitrogen and oxygen atoms in total. The van der Waals surface area contributed by atoms with Crippen LogP contribution in [-0.2, 0) is 4.74 Å². The number of likely N-dealkylation sites (N-methyl/N-ethyl adjacent to an activating group) is 1. The lowest BCUT2D eigenvalue weighted by molar-refractivity contribution is 0.0326. The van der Waals surface area contributed by atoms with Crippen molar-refractivity contribution in [3.05, 3.63) is 21.9 Å². The summed E-state index contributed by atoms with van der Waals surface area (Å²) >= 11 is 1.84. The van der Waals surface area contributed by atoms with Gasteiger partial charge < -0.3 is 10.1 Å². The standard InChI is InChI=1S/C13H21NOS/c1-4-14-12(11-6-5-10(3)15-11)13-9(2)7-8-16-13/h7-8,10-12,14H,4-6H2,1-3H3. The summed E-state index contributed by atoms with van der Waals surface area (Å²) in [5.74, 6) is 0. The molecule has 16 heavy (non-hydrogen) atoms. The molecule has 1 aromatic heterocycles. The van der Waals surface area contributed by atoms with Crippen LogP contribution < -0.4 is 5.32 Å². The Bertz CT molecular complexity index is 336. The number of nitrogens with one attached hydrogen (secondary N) is 1. The fourth-order valence-corrected chi connectivity index (χ4v) is 3.45. The quantitative estimate of drug-likeness (QED) is 0.870. The van der Waals surface area contributed by atoms with Gasteiger partial charge in [-0.2, -0.15) is 0 Å². The van der Waals surface area contributed by atoms with Gasteiger partial charge in [0.2, 0.25) is 0 Å². The normalized spacial score (nSPS) is 27.2. The highest BCUT2D eigenvalue weighted by Gasteiger charge is 2.31. The molecule has 0 spiro atoms. The van der Waals surface area contributed by atoms with Crippen LogP contribution in [-0.4, -0.2) is 18.8 Å². The molecule has 90 valence electrons. The van der Waals surface area contributed by atoms with Crippen LogP contribution in [0.5, 0.6) is 0 Å². The van der Waals surface area contributed by atoms with E-state index in [4.69, 9.17) is 4.74 Å². The summed E-state index contributed by atoms with van der Waals surface area (Å²) in [5, 5.41) is 5.75. The van der Waals surface area contributed by atoms with Crippen molar-refractivity contribution in [3.8, 4) is 0 Å². The number of ether oxygens (including phenoxy) is 1. The molecular formula is C13H21NOS. The minimum absolute atomic E-state index is 0.354. The van der Waals surface area contributed by atoms with Crippen molar-refractivity contribution in [2.45, 2.75) is 51.9 Å². The van der Waals surface area contributed by atoms with Crippen LogP contribution in [0.15, 0.2) is 11.4 Å². The van der Waals surface area contributed by atoms with E-state index in [9.17, 15) is 0 Å². The summed E-state index contributed by atoms with van der Waals surface area (Å²) < 4.78 is 6.00. The highest BCUT2D eigenvalue weighted by atomic mass is 32.1. The number of hydrogen-bond acceptors (Lipinski definition) is 3. The Morgan fingerprint density at radius 2 is 2.38 bits per heavy atom. The van der Waals surface area contributed by atoms with Gasteiger partial charge in [-0.3, -0.25) is 0 Å². The molecule has 3 atom stereocenters. The molecule has 1 fully saturated rings. The highest BCUT2D eigenvalue weighted by molar-refractivity contribution is 7.10. The molecular weight excluding hydrogens is 218 g/mol. The summed E-state index contributed by atoms with van der Waals surface area (Å²) in [6.07, 6.45) is 3.14. The van der Waals surface area contributed by atoms with Gasteiger partial charge in [0.15, 0.2) is 0 Å². The van der Waals surface area contributed by atoms with E-state index in [-0.39, 0.29) is 0 Å². The van der Waals surface area contributed by atoms with Crippen molar-refractivity contribution in [1.82, 2.24) is 5.32 Å². The Labute approximate surface area is 102 Å². The van der Waals surface area contributed by atoms with Crippen LogP contribution in [0, 0.1) is 6.92 Å². The summed E-state index contributed by atoms with van der Waals surface area (Å²) in [7, 11) is 0. The maximum Gasteiger partial charge on any atom is 0.0782 e. The first-order valence-corrected chi connectivity index (χ1v) is 7.03. The second kappa shape index (κ2) is 5.30. The molecule has 0 radical (unpaired) electrons. The van der Waals surface area contributed by atoms with E-state index in [0.717, 1.165) is 6.54 Å². The van der Waals surface area contributed by atoms with Gasteiger partial charge in [-0.05, 0) is 50.2 Å². The molecule has 0 bridgehead atoms. The van der Waals surface area contributed by atoms with Crippen LogP contribution in [0.4, 0.5) is 0 Å². The minimum Gasteiger partial charge on any atom is -0.373 e. The zero-order valence-electron chi connectivity index (χ0n) is 10.3. The van der Waals surface area contributed by atoms with Gasteiger partial charge in [0.1, 0.15) is 0 Å². The van der Waals surface area contributed by atoms with Gasteiger partial charge >= 0.3 is 0 Å². The van der Waals surface area contributed by atoms with E-state index in [1.165, 1.54) is 23.3 Å². The van der Waals surface area contributed by atoms with E-state index in [0.29, 0.717) is 18.2 Å². The van der Waals surface area contributed by atoms with Gasteiger partial charge in [-0.1, -0.05) is 6.92 Å². The first-order chi connectivity index (χ1) is 7.72. The molecule has 1 aliphatic rings. The molecule has 2 heterocycles. The van der Waals surface area contributed by atoms with Gasteiger partial charge in [0, 0.05) is 4.88 Å². The molecule has 1 saturated heterocycles. The Morgan fingerprint density at radius 1 is 1.56 bits per heavy atom. The highest BCUT2D eigenvalue weighted by Crippen LogP contribution is 2.34. The topological polar surface area (TPSA) is 21.3 Å². The smallest absolute Gasteiger partial charge is 0.0782 e. The summed E-state index contributed by atoms with van der Waals surface area (Å²) in [5.41, 5.74) is 1.39. The van der Waals surface area contributed by atoms with Crippen LogP contribution in [0.25, 0.3) is 0 Å². The predicted molar refractivity (Wildman–Crippen MR) is 69.0 cm³/mol. The van der Waals surface area contributed by atoms with Crippen LogP contribution >= 0.6 is 11.3 Å². The van der Waals surface area contributed by atoms with E-state index in [2.05, 4.69) is 37.5 Å². The third-order valence-corrected chi connectivity index (χ3v) is 4.35. The zero-order valence-corrected chi connectivity index (χ0v) is 11.1. The average Bonchev–Trinajstić information content (AvgIpc) is 2.84. The molecule has 2 rings (SSSR count). The summed E-state index contributed by atoms with van der Waals surface area (Å²) in [4.78, 5) is 1.45. The molecule has 1 aliphatic heterocycles. The first-order valence-electron chi connectivity index (χ1n) is 6.15. The third-order valence-electron chi connectivity index (χ3n) is 3.24. The van der Waals surface area contributed by atoms with Gasteiger partial charge in [0.25, 0.3) is 0 Å². The summed E-state index contributed by atoms with van der Waals surface area (Å²) in [6, 6.07) is 2.58. The lowest BCUT2D eigenvalue weighted by atomic mass is 10.0. The SMILES string of the molecule is CCNC(c1sccc1C)C1CCC(C)O1. The van der Waals surface area contributed by atoms with Crippen molar-refractivity contribution in [2.75, 3.05) is 6.54 Å². The van der Waals surface area contributed by atoms with Gasteiger partial charge in [-0.15, -0.1) is 11.3 Å². The molecule has 0 amide bonds. The van der Waals surface area contributed by atoms with E-state index < -0.39 is 0 Å². The Kier molecular flexibility index (Phi) is 4.00. The maximum absolute atomic E-state index is 6.00. The first kappa shape index (κ1) is 12.1. The van der Waals surface area contributed by atoms with Crippen molar-refractivity contribution in [2.24, 2.45) is 0 Å². The molecule has 0 saturated carbocycles. The number of hydrogen-bond donors (Lipinski definition) is 1. The zero-order chi connectivity index (χ0) is 11.5. The number of rotatable bonds is 4. The van der Waals surface area contributed by atoms with Crippen molar-refractivity contribution in [1.29, 1.82) is 0 Å². The molecule has 1 N–H and O–H groups in total. The van der Waals surface area contributed by atoms with Crippen molar-refractivity contribution >= 4 is 11.3 Å².